The average Bonchev–Trinajstić information content (AvgIpc) is 2.80. The van der Waals surface area contributed by atoms with Gasteiger partial charge in [0.15, 0.2) is 17.0 Å². The Bertz CT molecular complexity index is 653. The monoisotopic (exact) mass is 315 g/mol. The molecule has 0 aliphatic rings. The van der Waals surface area contributed by atoms with Crippen LogP contribution >= 0.6 is 7.60 Å². The second kappa shape index (κ2) is 6.48. The minimum atomic E-state index is -4.09. The fourth-order valence-electron chi connectivity index (χ4n) is 1.88. The van der Waals surface area contributed by atoms with Crippen molar-refractivity contribution < 1.29 is 19.1 Å². The molecule has 2 heterocycles. The zero-order valence-corrected chi connectivity index (χ0v) is 12.8. The van der Waals surface area contributed by atoms with E-state index in [1.807, 2.05) is 23.6 Å². The molecule has 0 fully saturated rings. The first-order valence-corrected chi connectivity index (χ1v) is 8.14. The Labute approximate surface area is 121 Å². The quantitative estimate of drug-likeness (QED) is 0.559. The number of imidazole rings is 1. The molecule has 21 heavy (non-hydrogen) atoms. The van der Waals surface area contributed by atoms with E-state index in [1.165, 1.54) is 6.33 Å². The van der Waals surface area contributed by atoms with Gasteiger partial charge in [0.2, 0.25) is 0 Å². The summed E-state index contributed by atoms with van der Waals surface area (Å²) in [6.07, 6.45) is 3.22. The average molecular weight is 315 g/mol. The van der Waals surface area contributed by atoms with Crippen molar-refractivity contribution in [1.29, 1.82) is 0 Å². The first-order chi connectivity index (χ1) is 9.88. The van der Waals surface area contributed by atoms with Crippen LogP contribution in [0.2, 0.25) is 0 Å². The molecular formula is C11H18N5O4P. The van der Waals surface area contributed by atoms with Gasteiger partial charge in [-0.3, -0.25) is 4.57 Å². The third-order valence-corrected chi connectivity index (χ3v) is 3.27. The van der Waals surface area contributed by atoms with Crippen molar-refractivity contribution in [2.45, 2.75) is 13.0 Å². The normalized spacial score (nSPS) is 12.0. The molecule has 0 radical (unpaired) electrons. The molecule has 2 aromatic rings. The van der Waals surface area contributed by atoms with Crippen LogP contribution in [0.25, 0.3) is 11.2 Å². The van der Waals surface area contributed by atoms with Gasteiger partial charge in [-0.1, -0.05) is 0 Å². The summed E-state index contributed by atoms with van der Waals surface area (Å²) in [6.45, 7) is 0.859. The third-order valence-electron chi connectivity index (χ3n) is 2.75. The highest BCUT2D eigenvalue weighted by Crippen LogP contribution is 2.33. The molecule has 2 aromatic heterocycles. The van der Waals surface area contributed by atoms with E-state index in [0.717, 1.165) is 17.0 Å². The second-order valence-corrected chi connectivity index (χ2v) is 6.35. The van der Waals surface area contributed by atoms with E-state index in [9.17, 15) is 4.57 Å². The van der Waals surface area contributed by atoms with E-state index in [4.69, 9.17) is 14.5 Å². The predicted octanol–water partition coefficient (Wildman–Crippen LogP) is 0.434. The van der Waals surface area contributed by atoms with Gasteiger partial charge in [-0.25, -0.2) is 15.0 Å². The van der Waals surface area contributed by atoms with Crippen LogP contribution in [-0.2, 0) is 15.8 Å². The van der Waals surface area contributed by atoms with Gasteiger partial charge in [0.05, 0.1) is 6.33 Å². The standard InChI is InChI=1S/C11H18N5O4P/c1-15(2)10-9-11(13-6-12-10)16(7-14-9)4-3-5-20-8-21(17,18)19/h6-7H,3-5,8H2,1-2H3,(H2,17,18,19). The highest BCUT2D eigenvalue weighted by atomic mass is 31.2. The third kappa shape index (κ3) is 4.21. The molecular weight excluding hydrogens is 297 g/mol. The van der Waals surface area contributed by atoms with Crippen LogP contribution < -0.4 is 4.90 Å². The van der Waals surface area contributed by atoms with Gasteiger partial charge in [0.25, 0.3) is 0 Å². The van der Waals surface area contributed by atoms with Gasteiger partial charge in [0.1, 0.15) is 12.7 Å². The Morgan fingerprint density at radius 3 is 2.76 bits per heavy atom. The largest absolute Gasteiger partial charge is 0.369 e. The van der Waals surface area contributed by atoms with Gasteiger partial charge in [-0.15, -0.1) is 0 Å². The van der Waals surface area contributed by atoms with Crippen LogP contribution in [0, 0.1) is 0 Å². The molecule has 9 nitrogen and oxygen atoms in total. The number of aromatic nitrogens is 4. The van der Waals surface area contributed by atoms with Crippen molar-refractivity contribution in [2.24, 2.45) is 0 Å². The Morgan fingerprint density at radius 2 is 2.10 bits per heavy atom. The lowest BCUT2D eigenvalue weighted by atomic mass is 10.4. The first kappa shape index (κ1) is 15.8. The van der Waals surface area contributed by atoms with E-state index < -0.39 is 13.9 Å². The number of nitrogens with zero attached hydrogens (tertiary/aromatic N) is 5. The molecule has 0 atom stereocenters. The maximum absolute atomic E-state index is 10.6. The van der Waals surface area contributed by atoms with E-state index in [-0.39, 0.29) is 6.61 Å². The molecule has 0 bridgehead atoms. The zero-order valence-electron chi connectivity index (χ0n) is 11.9. The smallest absolute Gasteiger partial charge is 0.350 e. The van der Waals surface area contributed by atoms with Crippen molar-refractivity contribution in [3.05, 3.63) is 12.7 Å². The minimum absolute atomic E-state index is 0.260. The summed E-state index contributed by atoms with van der Waals surface area (Å²) >= 11 is 0. The molecule has 116 valence electrons. The number of fused-ring (bicyclic) bond motifs is 1. The Kier molecular flexibility index (Phi) is 4.89. The molecule has 2 N–H and O–H groups in total. The lowest BCUT2D eigenvalue weighted by Gasteiger charge is -2.11. The lowest BCUT2D eigenvalue weighted by Crippen LogP contribution is -2.11. The molecule has 0 aliphatic carbocycles. The Morgan fingerprint density at radius 1 is 1.33 bits per heavy atom. The first-order valence-electron chi connectivity index (χ1n) is 6.34. The molecule has 0 aromatic carbocycles. The molecule has 0 unspecified atom stereocenters. The van der Waals surface area contributed by atoms with Crippen molar-refractivity contribution in [2.75, 3.05) is 32.0 Å². The SMILES string of the molecule is CN(C)c1ncnc2c1ncn2CCCOCP(=O)(O)O. The fourth-order valence-corrected chi connectivity index (χ4v) is 2.25. The summed E-state index contributed by atoms with van der Waals surface area (Å²) in [5.74, 6) is 0.747. The predicted molar refractivity (Wildman–Crippen MR) is 77.1 cm³/mol. The molecule has 10 heteroatoms. The highest BCUT2D eigenvalue weighted by molar-refractivity contribution is 7.51. The summed E-state index contributed by atoms with van der Waals surface area (Å²) in [7, 11) is -0.319. The number of hydrogen-bond donors (Lipinski definition) is 2. The van der Waals surface area contributed by atoms with Crippen LogP contribution in [0.5, 0.6) is 0 Å². The summed E-state index contributed by atoms with van der Waals surface area (Å²) in [5, 5.41) is 0. The topological polar surface area (TPSA) is 114 Å². The van der Waals surface area contributed by atoms with Gasteiger partial charge < -0.3 is 24.0 Å². The zero-order chi connectivity index (χ0) is 15.5. The van der Waals surface area contributed by atoms with Gasteiger partial charge in [0, 0.05) is 27.2 Å². The molecule has 2 rings (SSSR count). The number of rotatable bonds is 7. The number of aryl methyl sites for hydroxylation is 1. The van der Waals surface area contributed by atoms with Crippen LogP contribution in [0.4, 0.5) is 5.82 Å². The summed E-state index contributed by atoms with van der Waals surface area (Å²) in [6, 6.07) is 0. The van der Waals surface area contributed by atoms with Crippen LogP contribution in [0.15, 0.2) is 12.7 Å². The van der Waals surface area contributed by atoms with Gasteiger partial charge >= 0.3 is 7.60 Å². The van der Waals surface area contributed by atoms with Crippen LogP contribution in [0.1, 0.15) is 6.42 Å². The number of anilines is 1. The number of hydrogen-bond acceptors (Lipinski definition) is 6. The second-order valence-electron chi connectivity index (χ2n) is 4.76. The van der Waals surface area contributed by atoms with E-state index in [1.54, 1.807) is 6.33 Å². The van der Waals surface area contributed by atoms with Crippen LogP contribution in [0.3, 0.4) is 0 Å². The molecule has 0 aliphatic heterocycles. The fraction of sp³-hybridized carbons (Fsp3) is 0.545. The van der Waals surface area contributed by atoms with Crippen molar-refractivity contribution in [1.82, 2.24) is 19.5 Å². The molecule has 0 saturated carbocycles. The van der Waals surface area contributed by atoms with Crippen LogP contribution in [-0.4, -0.2) is 56.4 Å². The van der Waals surface area contributed by atoms with Crippen molar-refractivity contribution in [3.63, 3.8) is 0 Å². The minimum Gasteiger partial charge on any atom is -0.369 e. The van der Waals surface area contributed by atoms with E-state index in [2.05, 4.69) is 15.0 Å². The maximum Gasteiger partial charge on any atom is 0.350 e. The highest BCUT2D eigenvalue weighted by Gasteiger charge is 2.13. The summed E-state index contributed by atoms with van der Waals surface area (Å²) in [5.41, 5.74) is 1.45. The molecule has 0 saturated heterocycles. The Hall–Kier alpha value is -1.54. The van der Waals surface area contributed by atoms with E-state index in [0.29, 0.717) is 13.0 Å². The van der Waals surface area contributed by atoms with Gasteiger partial charge in [-0.05, 0) is 6.42 Å². The molecule has 0 amide bonds. The van der Waals surface area contributed by atoms with Crippen molar-refractivity contribution in [3.8, 4) is 0 Å². The summed E-state index contributed by atoms with van der Waals surface area (Å²) in [4.78, 5) is 31.9. The van der Waals surface area contributed by atoms with Gasteiger partial charge in [-0.2, -0.15) is 0 Å². The van der Waals surface area contributed by atoms with E-state index >= 15 is 0 Å². The Balaban J connectivity index is 1.97. The molecule has 0 spiro atoms. The maximum atomic E-state index is 10.6. The lowest BCUT2D eigenvalue weighted by molar-refractivity contribution is 0.151. The number of ether oxygens (including phenoxy) is 1. The van der Waals surface area contributed by atoms with Crippen molar-refractivity contribution >= 4 is 24.6 Å². The summed E-state index contributed by atoms with van der Waals surface area (Å²) < 4.78 is 17.4.